The van der Waals surface area contributed by atoms with E-state index in [-0.39, 0.29) is 39.4 Å². The summed E-state index contributed by atoms with van der Waals surface area (Å²) in [5, 5.41) is 0. The van der Waals surface area contributed by atoms with E-state index < -0.39 is 0 Å². The van der Waals surface area contributed by atoms with Crippen molar-refractivity contribution in [3.8, 4) is 0 Å². The SMILES string of the molecule is CN(C)CN([C-]=O)[C-]=O.CN([C-]=O)[C-]=O.[Y]. The Morgan fingerprint density at radius 3 is 1.25 bits per heavy atom. The van der Waals surface area contributed by atoms with Gasteiger partial charge in [0.2, 0.25) is 0 Å². The molecular formula is C8H11N3O4Y-4. The van der Waals surface area contributed by atoms with Crippen LogP contribution < -0.4 is 0 Å². The molecule has 0 rings (SSSR count). The van der Waals surface area contributed by atoms with Crippen LogP contribution in [-0.4, -0.2) is 68.2 Å². The molecule has 0 spiro atoms. The van der Waals surface area contributed by atoms with Crippen molar-refractivity contribution in [2.24, 2.45) is 0 Å². The topological polar surface area (TPSA) is 78.0 Å². The maximum atomic E-state index is 9.78. The van der Waals surface area contributed by atoms with Crippen LogP contribution in [-0.2, 0) is 51.9 Å². The molecule has 0 aromatic heterocycles. The Morgan fingerprint density at radius 1 is 0.812 bits per heavy atom. The molecule has 0 aromatic rings. The van der Waals surface area contributed by atoms with Crippen LogP contribution in [0, 0.1) is 0 Å². The van der Waals surface area contributed by atoms with Gasteiger partial charge in [-0.3, -0.25) is 4.90 Å². The minimum Gasteiger partial charge on any atom is -0.639 e. The quantitative estimate of drug-likeness (QED) is 0.322. The third-order valence-corrected chi connectivity index (χ3v) is 0.919. The van der Waals surface area contributed by atoms with E-state index >= 15 is 0 Å². The van der Waals surface area contributed by atoms with Crippen LogP contribution in [0.4, 0.5) is 0 Å². The van der Waals surface area contributed by atoms with Crippen LogP contribution in [0.15, 0.2) is 0 Å². The number of hydrogen-bond acceptors (Lipinski definition) is 5. The molecule has 0 aromatic carbocycles. The average Bonchev–Trinajstić information content (AvgIpc) is 2.25. The summed E-state index contributed by atoms with van der Waals surface area (Å²) in [5.41, 5.74) is 0. The largest absolute Gasteiger partial charge is 0.639 e. The molecule has 0 fully saturated rings. The summed E-state index contributed by atoms with van der Waals surface area (Å²) in [7, 11) is 4.74. The minimum absolute atomic E-state index is 0. The van der Waals surface area contributed by atoms with E-state index in [4.69, 9.17) is 0 Å². The van der Waals surface area contributed by atoms with Gasteiger partial charge in [0.25, 0.3) is 0 Å². The van der Waals surface area contributed by atoms with E-state index in [1.807, 2.05) is 0 Å². The van der Waals surface area contributed by atoms with Gasteiger partial charge in [-0.25, -0.2) is 0 Å². The molecule has 0 bridgehead atoms. The maximum absolute atomic E-state index is 9.78. The van der Waals surface area contributed by atoms with Gasteiger partial charge in [-0.15, -0.1) is 0 Å². The molecule has 0 heterocycles. The Bertz CT molecular complexity index is 197. The van der Waals surface area contributed by atoms with E-state index in [1.165, 1.54) is 32.7 Å². The Labute approximate surface area is 120 Å². The van der Waals surface area contributed by atoms with E-state index in [1.54, 1.807) is 19.0 Å². The summed E-state index contributed by atoms with van der Waals surface area (Å²) >= 11 is 0. The standard InChI is InChI=1S/C5H8N2O2.C3H3NO2.Y/c1-6(2)3-7(4-8)5-9;1-4(2-5)3-6;/h3H2,1-2H3;1H3;/q2*-2;. The van der Waals surface area contributed by atoms with Crippen molar-refractivity contribution in [3.05, 3.63) is 0 Å². The van der Waals surface area contributed by atoms with Crippen LogP contribution in [0.5, 0.6) is 0 Å². The second-order valence-corrected chi connectivity index (χ2v) is 2.57. The molecule has 7 nitrogen and oxygen atoms in total. The van der Waals surface area contributed by atoms with Crippen molar-refractivity contribution in [1.82, 2.24) is 14.7 Å². The summed E-state index contributed by atoms with van der Waals surface area (Å²) in [5.74, 6) is 0. The first-order valence-electron chi connectivity index (χ1n) is 3.69. The average molecular weight is 302 g/mol. The smallest absolute Gasteiger partial charge is 0.0186 e. The summed E-state index contributed by atoms with van der Waals surface area (Å²) in [6.07, 6.45) is 5.35. The zero-order valence-electron chi connectivity index (χ0n) is 9.26. The van der Waals surface area contributed by atoms with Crippen LogP contribution in [0.25, 0.3) is 0 Å². The molecule has 0 saturated carbocycles. The normalized spacial score (nSPS) is 7.75. The summed E-state index contributed by atoms with van der Waals surface area (Å²) < 4.78 is 0. The predicted octanol–water partition coefficient (Wildman–Crippen LogP) is -2.01. The van der Waals surface area contributed by atoms with Gasteiger partial charge in [-0.1, -0.05) is 0 Å². The van der Waals surface area contributed by atoms with Crippen molar-refractivity contribution in [2.45, 2.75) is 0 Å². The van der Waals surface area contributed by atoms with Crippen molar-refractivity contribution < 1.29 is 51.9 Å². The molecule has 4 amide bonds. The number of hydrogen-bond donors (Lipinski definition) is 0. The van der Waals surface area contributed by atoms with Gasteiger partial charge in [-0.2, -0.15) is 25.6 Å². The first-order chi connectivity index (χ1) is 7.01. The van der Waals surface area contributed by atoms with Crippen molar-refractivity contribution in [2.75, 3.05) is 27.8 Å². The number of amides is 4. The minimum atomic E-state index is 0. The number of imide groups is 2. The Balaban J connectivity index is -0.000000214. The third kappa shape index (κ3) is 15.8. The van der Waals surface area contributed by atoms with Gasteiger partial charge in [0.1, 0.15) is 0 Å². The third-order valence-electron chi connectivity index (χ3n) is 0.919. The second kappa shape index (κ2) is 14.3. The van der Waals surface area contributed by atoms with Crippen LogP contribution >= 0.6 is 0 Å². The molecule has 0 aliphatic carbocycles. The fraction of sp³-hybridized carbons (Fsp3) is 0.500. The van der Waals surface area contributed by atoms with Crippen molar-refractivity contribution >= 4 is 25.6 Å². The van der Waals surface area contributed by atoms with Gasteiger partial charge >= 0.3 is 0 Å². The van der Waals surface area contributed by atoms with Gasteiger partial charge in [-0.05, 0) is 21.1 Å². The Morgan fingerprint density at radius 2 is 1.19 bits per heavy atom. The summed E-state index contributed by atoms with van der Waals surface area (Å²) in [4.78, 5) is 41.2. The maximum Gasteiger partial charge on any atom is 0.0186 e. The molecule has 8 heteroatoms. The summed E-state index contributed by atoms with van der Waals surface area (Å²) in [6.45, 7) is 0.229. The van der Waals surface area contributed by atoms with E-state index in [9.17, 15) is 19.2 Å². The van der Waals surface area contributed by atoms with Gasteiger partial charge in [0.05, 0.1) is 0 Å². The summed E-state index contributed by atoms with van der Waals surface area (Å²) in [6, 6.07) is 0. The van der Waals surface area contributed by atoms with E-state index in [0.29, 0.717) is 4.90 Å². The van der Waals surface area contributed by atoms with E-state index in [2.05, 4.69) is 0 Å². The monoisotopic (exact) mass is 302 g/mol. The van der Waals surface area contributed by atoms with E-state index in [0.717, 1.165) is 4.90 Å². The molecule has 0 saturated heterocycles. The second-order valence-electron chi connectivity index (χ2n) is 2.57. The molecule has 1 radical (unpaired) electrons. The zero-order chi connectivity index (χ0) is 12.3. The van der Waals surface area contributed by atoms with Gasteiger partial charge < -0.3 is 29.0 Å². The molecule has 0 N–H and O–H groups in total. The Kier molecular flexibility index (Phi) is 18.6. The molecular weight excluding hydrogens is 291 g/mol. The molecule has 0 aliphatic rings. The molecule has 0 aliphatic heterocycles. The molecule has 0 unspecified atom stereocenters. The van der Waals surface area contributed by atoms with Crippen LogP contribution in [0.3, 0.4) is 0 Å². The number of rotatable bonds is 6. The molecule has 89 valence electrons. The first-order valence-corrected chi connectivity index (χ1v) is 3.69. The van der Waals surface area contributed by atoms with Crippen molar-refractivity contribution in [1.29, 1.82) is 0 Å². The molecule has 16 heavy (non-hydrogen) atoms. The van der Waals surface area contributed by atoms with Gasteiger partial charge in [0.15, 0.2) is 0 Å². The predicted molar refractivity (Wildman–Crippen MR) is 50.9 cm³/mol. The fourth-order valence-corrected chi connectivity index (χ4v) is 0.378. The number of nitrogens with zero attached hydrogens (tertiary/aromatic N) is 3. The Hall–Kier alpha value is -0.656. The van der Waals surface area contributed by atoms with Crippen LogP contribution in [0.1, 0.15) is 0 Å². The fourth-order valence-electron chi connectivity index (χ4n) is 0.378. The number of carbonyl (C=O) groups excluding carboxylic acids is 4. The first kappa shape index (κ1) is 20.7. The zero-order valence-corrected chi connectivity index (χ0v) is 12.1. The van der Waals surface area contributed by atoms with Crippen molar-refractivity contribution in [3.63, 3.8) is 0 Å². The van der Waals surface area contributed by atoms with Crippen LogP contribution in [0.2, 0.25) is 0 Å². The van der Waals surface area contributed by atoms with Gasteiger partial charge in [0, 0.05) is 39.4 Å². The molecule has 0 atom stereocenters.